The average Bonchev–Trinajstić information content (AvgIpc) is 2.63. The molecule has 1 N–H and O–H groups in total. The summed E-state index contributed by atoms with van der Waals surface area (Å²) in [5, 5.41) is 9.69. The number of halogens is 3. The van der Waals surface area contributed by atoms with Crippen LogP contribution in [0.4, 0.5) is 13.2 Å². The van der Waals surface area contributed by atoms with Gasteiger partial charge in [-0.05, 0) is 30.5 Å². The van der Waals surface area contributed by atoms with Gasteiger partial charge in [-0.25, -0.2) is 0 Å². The molecule has 0 aromatic heterocycles. The maximum atomic E-state index is 11.9. The fourth-order valence-corrected chi connectivity index (χ4v) is 2.25. The SMILES string of the molecule is O[C@H]1CCC[C@H]1c1ccc(OC(F)(F)F)cc1. The van der Waals surface area contributed by atoms with E-state index in [1.807, 2.05) is 0 Å². The van der Waals surface area contributed by atoms with Gasteiger partial charge in [0, 0.05) is 5.92 Å². The van der Waals surface area contributed by atoms with Crippen LogP contribution in [-0.4, -0.2) is 17.6 Å². The zero-order chi connectivity index (χ0) is 12.5. The Morgan fingerprint density at radius 2 is 1.76 bits per heavy atom. The molecular weight excluding hydrogens is 233 g/mol. The molecule has 0 spiro atoms. The first-order chi connectivity index (χ1) is 7.96. The molecule has 5 heteroatoms. The van der Waals surface area contributed by atoms with Crippen molar-refractivity contribution in [3.05, 3.63) is 29.8 Å². The standard InChI is InChI=1S/C12H13F3O2/c13-12(14,15)17-9-6-4-8(5-7-9)10-2-1-3-11(10)16/h4-7,10-11,16H,1-3H2/t10-,11-/m0/s1. The van der Waals surface area contributed by atoms with E-state index in [4.69, 9.17) is 0 Å². The van der Waals surface area contributed by atoms with Crippen molar-refractivity contribution < 1.29 is 23.0 Å². The Morgan fingerprint density at radius 1 is 1.12 bits per heavy atom. The number of ether oxygens (including phenoxy) is 1. The topological polar surface area (TPSA) is 29.5 Å². The molecule has 2 atom stereocenters. The minimum absolute atomic E-state index is 0.0370. The highest BCUT2D eigenvalue weighted by molar-refractivity contribution is 5.30. The number of rotatable bonds is 2. The minimum Gasteiger partial charge on any atom is -0.406 e. The van der Waals surface area contributed by atoms with E-state index in [1.165, 1.54) is 12.1 Å². The second-order valence-corrected chi connectivity index (χ2v) is 4.22. The van der Waals surface area contributed by atoms with Crippen molar-refractivity contribution in [3.63, 3.8) is 0 Å². The minimum atomic E-state index is -4.66. The monoisotopic (exact) mass is 246 g/mol. The van der Waals surface area contributed by atoms with Gasteiger partial charge >= 0.3 is 6.36 Å². The number of hydrogen-bond acceptors (Lipinski definition) is 2. The molecule has 17 heavy (non-hydrogen) atoms. The Labute approximate surface area is 97.0 Å². The van der Waals surface area contributed by atoms with Crippen LogP contribution in [0.25, 0.3) is 0 Å². The third kappa shape index (κ3) is 3.12. The molecule has 1 aromatic carbocycles. The van der Waals surface area contributed by atoms with Crippen molar-refractivity contribution in [1.29, 1.82) is 0 Å². The van der Waals surface area contributed by atoms with Gasteiger partial charge in [0.05, 0.1) is 6.10 Å². The molecule has 1 aliphatic rings. The van der Waals surface area contributed by atoms with Crippen LogP contribution >= 0.6 is 0 Å². The van der Waals surface area contributed by atoms with Gasteiger partial charge in [0.15, 0.2) is 0 Å². The van der Waals surface area contributed by atoms with Crippen LogP contribution in [0.15, 0.2) is 24.3 Å². The maximum absolute atomic E-state index is 11.9. The zero-order valence-corrected chi connectivity index (χ0v) is 9.07. The third-order valence-electron chi connectivity index (χ3n) is 3.02. The lowest BCUT2D eigenvalue weighted by Gasteiger charge is -2.15. The van der Waals surface area contributed by atoms with Crippen LogP contribution in [0.2, 0.25) is 0 Å². The highest BCUT2D eigenvalue weighted by Gasteiger charge is 2.31. The molecule has 1 aliphatic carbocycles. The molecule has 0 heterocycles. The lowest BCUT2D eigenvalue weighted by molar-refractivity contribution is -0.274. The summed E-state index contributed by atoms with van der Waals surface area (Å²) in [6, 6.07) is 5.74. The van der Waals surface area contributed by atoms with E-state index in [9.17, 15) is 18.3 Å². The fraction of sp³-hybridized carbons (Fsp3) is 0.500. The predicted octanol–water partition coefficient (Wildman–Crippen LogP) is 3.21. The summed E-state index contributed by atoms with van der Waals surface area (Å²) in [7, 11) is 0. The van der Waals surface area contributed by atoms with E-state index in [2.05, 4.69) is 4.74 Å². The second-order valence-electron chi connectivity index (χ2n) is 4.22. The molecule has 1 aromatic rings. The smallest absolute Gasteiger partial charge is 0.406 e. The molecule has 2 rings (SSSR count). The predicted molar refractivity (Wildman–Crippen MR) is 55.7 cm³/mol. The van der Waals surface area contributed by atoms with Gasteiger partial charge in [0.25, 0.3) is 0 Å². The van der Waals surface area contributed by atoms with E-state index in [0.29, 0.717) is 0 Å². The molecule has 0 aliphatic heterocycles. The van der Waals surface area contributed by atoms with E-state index in [0.717, 1.165) is 24.8 Å². The molecule has 0 radical (unpaired) electrons. The molecular formula is C12H13F3O2. The summed E-state index contributed by atoms with van der Waals surface area (Å²) >= 11 is 0. The number of aliphatic hydroxyl groups is 1. The highest BCUT2D eigenvalue weighted by Crippen LogP contribution is 2.35. The second kappa shape index (κ2) is 4.56. The van der Waals surface area contributed by atoms with Gasteiger partial charge in [-0.15, -0.1) is 13.2 Å². The van der Waals surface area contributed by atoms with E-state index >= 15 is 0 Å². The van der Waals surface area contributed by atoms with Gasteiger partial charge in [0.1, 0.15) is 5.75 Å². The number of aliphatic hydroxyl groups excluding tert-OH is 1. The Bertz CT molecular complexity index is 372. The van der Waals surface area contributed by atoms with Crippen molar-refractivity contribution in [2.24, 2.45) is 0 Å². The Morgan fingerprint density at radius 3 is 2.24 bits per heavy atom. The Kier molecular flexibility index (Phi) is 3.28. The van der Waals surface area contributed by atoms with Gasteiger partial charge in [-0.3, -0.25) is 0 Å². The highest BCUT2D eigenvalue weighted by atomic mass is 19.4. The van der Waals surface area contributed by atoms with Gasteiger partial charge in [-0.2, -0.15) is 0 Å². The van der Waals surface area contributed by atoms with Crippen molar-refractivity contribution in [2.45, 2.75) is 37.6 Å². The van der Waals surface area contributed by atoms with Crippen molar-refractivity contribution >= 4 is 0 Å². The lowest BCUT2D eigenvalue weighted by atomic mass is 9.96. The summed E-state index contributed by atoms with van der Waals surface area (Å²) in [5.41, 5.74) is 0.865. The third-order valence-corrected chi connectivity index (χ3v) is 3.02. The summed E-state index contributed by atoms with van der Waals surface area (Å²) in [4.78, 5) is 0. The molecule has 1 fully saturated rings. The van der Waals surface area contributed by atoms with Crippen molar-refractivity contribution in [2.75, 3.05) is 0 Å². The van der Waals surface area contributed by atoms with E-state index in [-0.39, 0.29) is 17.8 Å². The zero-order valence-electron chi connectivity index (χ0n) is 9.07. The molecule has 2 nitrogen and oxygen atoms in total. The van der Waals surface area contributed by atoms with E-state index in [1.54, 1.807) is 12.1 Å². The van der Waals surface area contributed by atoms with Crippen LogP contribution in [0.3, 0.4) is 0 Å². The quantitative estimate of drug-likeness (QED) is 0.868. The largest absolute Gasteiger partial charge is 0.573 e. The van der Waals surface area contributed by atoms with Crippen molar-refractivity contribution in [3.8, 4) is 5.75 Å². The summed E-state index contributed by atoms with van der Waals surface area (Å²) in [6.07, 6.45) is -2.46. The Hall–Kier alpha value is -1.23. The first-order valence-electron chi connectivity index (χ1n) is 5.49. The Balaban J connectivity index is 2.07. The van der Waals surface area contributed by atoms with Gasteiger partial charge in [0.2, 0.25) is 0 Å². The maximum Gasteiger partial charge on any atom is 0.573 e. The number of hydrogen-bond donors (Lipinski definition) is 1. The molecule has 0 amide bonds. The molecule has 0 unspecified atom stereocenters. The number of benzene rings is 1. The first-order valence-corrected chi connectivity index (χ1v) is 5.49. The number of alkyl halides is 3. The van der Waals surface area contributed by atoms with Gasteiger partial charge in [-0.1, -0.05) is 18.6 Å². The normalized spacial score (nSPS) is 24.9. The fourth-order valence-electron chi connectivity index (χ4n) is 2.25. The van der Waals surface area contributed by atoms with Gasteiger partial charge < -0.3 is 9.84 Å². The molecule has 1 saturated carbocycles. The van der Waals surface area contributed by atoms with Crippen molar-refractivity contribution in [1.82, 2.24) is 0 Å². The molecule has 0 bridgehead atoms. The van der Waals surface area contributed by atoms with E-state index < -0.39 is 6.36 Å². The molecule has 94 valence electrons. The lowest BCUT2D eigenvalue weighted by Crippen LogP contribution is -2.17. The summed E-state index contributed by atoms with van der Waals surface area (Å²) in [5.74, 6) is -0.191. The first kappa shape index (κ1) is 12.2. The van der Waals surface area contributed by atoms with Crippen LogP contribution in [0.5, 0.6) is 5.75 Å². The summed E-state index contributed by atoms with van der Waals surface area (Å²) < 4.78 is 39.6. The van der Waals surface area contributed by atoms with Crippen LogP contribution in [-0.2, 0) is 0 Å². The molecule has 0 saturated heterocycles. The van der Waals surface area contributed by atoms with Crippen LogP contribution < -0.4 is 4.74 Å². The average molecular weight is 246 g/mol. The van der Waals surface area contributed by atoms with Crippen LogP contribution in [0.1, 0.15) is 30.7 Å². The summed E-state index contributed by atoms with van der Waals surface area (Å²) in [6.45, 7) is 0. The van der Waals surface area contributed by atoms with Crippen LogP contribution in [0, 0.1) is 0 Å².